The molecule has 1 aromatic heterocycles. The fourth-order valence-electron chi connectivity index (χ4n) is 1.51. The number of rotatable bonds is 2. The van der Waals surface area contributed by atoms with E-state index in [0.29, 0.717) is 25.6 Å². The lowest BCUT2D eigenvalue weighted by Crippen LogP contribution is -2.39. The van der Waals surface area contributed by atoms with Crippen LogP contribution in [0.5, 0.6) is 0 Å². The predicted molar refractivity (Wildman–Crippen MR) is 70.9 cm³/mol. The van der Waals surface area contributed by atoms with E-state index in [-0.39, 0.29) is 5.91 Å². The second kappa shape index (κ2) is 5.74. The average molecular weight is 348 g/mol. The molecule has 17 heavy (non-hydrogen) atoms. The lowest BCUT2D eigenvalue weighted by Gasteiger charge is -2.22. The zero-order valence-corrected chi connectivity index (χ0v) is 11.6. The molecule has 0 saturated carbocycles. The Kier molecular flexibility index (Phi) is 4.30. The number of amides is 1. The van der Waals surface area contributed by atoms with Gasteiger partial charge in [0.15, 0.2) is 6.10 Å². The Hall–Kier alpha value is -0.730. The molecule has 1 aliphatic heterocycles. The molecule has 2 heterocycles. The van der Waals surface area contributed by atoms with Gasteiger partial charge in [-0.15, -0.1) is 0 Å². The van der Waals surface area contributed by atoms with E-state index >= 15 is 0 Å². The summed E-state index contributed by atoms with van der Waals surface area (Å²) in [5.74, 6) is 0.367. The molecule has 1 atom stereocenters. The number of aryl methyl sites for hydroxylation is 1. The van der Waals surface area contributed by atoms with Gasteiger partial charge in [-0.1, -0.05) is 0 Å². The molecule has 0 radical (unpaired) electrons. The molecule has 1 amide bonds. The van der Waals surface area contributed by atoms with Gasteiger partial charge in [-0.3, -0.25) is 4.79 Å². The summed E-state index contributed by atoms with van der Waals surface area (Å²) in [5.41, 5.74) is 0.932. The number of hydrogen-bond donors (Lipinski definition) is 1. The summed E-state index contributed by atoms with van der Waals surface area (Å²) in [6.45, 7) is 3.21. The van der Waals surface area contributed by atoms with Crippen LogP contribution in [0.15, 0.2) is 12.3 Å². The smallest absolute Gasteiger partial charge is 0.257 e. The van der Waals surface area contributed by atoms with Crippen molar-refractivity contribution in [1.82, 2.24) is 4.98 Å². The first-order valence-corrected chi connectivity index (χ1v) is 6.37. The van der Waals surface area contributed by atoms with E-state index in [4.69, 9.17) is 9.47 Å². The Morgan fingerprint density at radius 2 is 2.41 bits per heavy atom. The fourth-order valence-corrected chi connectivity index (χ4v) is 2.11. The van der Waals surface area contributed by atoms with Crippen molar-refractivity contribution in [2.75, 3.05) is 25.1 Å². The van der Waals surface area contributed by atoms with Crippen LogP contribution in [0.4, 0.5) is 5.82 Å². The summed E-state index contributed by atoms with van der Waals surface area (Å²) in [6.07, 6.45) is 1.17. The van der Waals surface area contributed by atoms with Gasteiger partial charge in [-0.25, -0.2) is 4.98 Å². The highest BCUT2D eigenvalue weighted by Gasteiger charge is 2.23. The lowest BCUT2D eigenvalue weighted by molar-refractivity contribution is -0.142. The maximum atomic E-state index is 11.8. The van der Waals surface area contributed by atoms with Crippen molar-refractivity contribution < 1.29 is 14.3 Å². The number of hydrogen-bond acceptors (Lipinski definition) is 4. The number of ether oxygens (including phenoxy) is 2. The summed E-state index contributed by atoms with van der Waals surface area (Å²) < 4.78 is 11.5. The largest absolute Gasteiger partial charge is 0.376 e. The Morgan fingerprint density at radius 3 is 3.06 bits per heavy atom. The highest BCUT2D eigenvalue weighted by Crippen LogP contribution is 2.15. The highest BCUT2D eigenvalue weighted by atomic mass is 127. The highest BCUT2D eigenvalue weighted by molar-refractivity contribution is 14.1. The monoisotopic (exact) mass is 348 g/mol. The normalized spacial score (nSPS) is 20.0. The third kappa shape index (κ3) is 3.36. The Morgan fingerprint density at radius 1 is 1.59 bits per heavy atom. The number of carbonyl (C=O) groups excluding carboxylic acids is 1. The van der Waals surface area contributed by atoms with Crippen molar-refractivity contribution in [3.63, 3.8) is 0 Å². The molecule has 1 N–H and O–H groups in total. The second-order valence-electron chi connectivity index (χ2n) is 3.74. The molecule has 1 aliphatic rings. The number of halogens is 1. The van der Waals surface area contributed by atoms with Crippen molar-refractivity contribution in [2.45, 2.75) is 13.0 Å². The van der Waals surface area contributed by atoms with Crippen LogP contribution in [0, 0.1) is 10.5 Å². The number of nitrogens with zero attached hydrogens (tertiary/aromatic N) is 1. The summed E-state index contributed by atoms with van der Waals surface area (Å²) in [6, 6.07) is 1.96. The van der Waals surface area contributed by atoms with Crippen molar-refractivity contribution in [3.05, 3.63) is 21.4 Å². The van der Waals surface area contributed by atoms with Gasteiger partial charge >= 0.3 is 0 Å². The molecular weight excluding hydrogens is 335 g/mol. The summed E-state index contributed by atoms with van der Waals surface area (Å²) in [7, 11) is 0. The molecule has 6 heteroatoms. The van der Waals surface area contributed by atoms with Crippen LogP contribution in [0.3, 0.4) is 0 Å². The van der Waals surface area contributed by atoms with Gasteiger partial charge in [0.25, 0.3) is 5.91 Å². The van der Waals surface area contributed by atoms with Gasteiger partial charge in [-0.05, 0) is 41.1 Å². The second-order valence-corrected chi connectivity index (χ2v) is 4.99. The van der Waals surface area contributed by atoms with Crippen molar-refractivity contribution in [3.8, 4) is 0 Å². The molecule has 1 aromatic rings. The molecule has 5 nitrogen and oxygen atoms in total. The van der Waals surface area contributed by atoms with Crippen molar-refractivity contribution in [2.24, 2.45) is 0 Å². The minimum Gasteiger partial charge on any atom is -0.376 e. The Labute approximate surface area is 113 Å². The lowest BCUT2D eigenvalue weighted by atomic mass is 10.2. The molecule has 0 aliphatic carbocycles. The Bertz CT molecular complexity index is 419. The maximum absolute atomic E-state index is 11.8. The molecule has 2 rings (SSSR count). The summed E-state index contributed by atoms with van der Waals surface area (Å²) >= 11 is 2.18. The summed E-state index contributed by atoms with van der Waals surface area (Å²) in [4.78, 5) is 16.0. The van der Waals surface area contributed by atoms with Gasteiger partial charge in [0, 0.05) is 9.77 Å². The quantitative estimate of drug-likeness (QED) is 0.820. The zero-order chi connectivity index (χ0) is 12.3. The van der Waals surface area contributed by atoms with Gasteiger partial charge in [0.2, 0.25) is 0 Å². The molecule has 0 bridgehead atoms. The number of anilines is 1. The number of aromatic nitrogens is 1. The maximum Gasteiger partial charge on any atom is 0.257 e. The van der Waals surface area contributed by atoms with Crippen LogP contribution in [0.2, 0.25) is 0 Å². The van der Waals surface area contributed by atoms with E-state index in [0.717, 1.165) is 9.13 Å². The van der Waals surface area contributed by atoms with E-state index in [1.807, 2.05) is 13.0 Å². The van der Waals surface area contributed by atoms with Gasteiger partial charge in [0.1, 0.15) is 5.82 Å². The van der Waals surface area contributed by atoms with Gasteiger partial charge < -0.3 is 14.8 Å². The first-order valence-electron chi connectivity index (χ1n) is 5.29. The minimum absolute atomic E-state index is 0.207. The van der Waals surface area contributed by atoms with Crippen LogP contribution in [0.25, 0.3) is 0 Å². The topological polar surface area (TPSA) is 60.5 Å². The predicted octanol–water partition coefficient (Wildman–Crippen LogP) is 1.35. The Balaban J connectivity index is 2.02. The number of nitrogens with one attached hydrogen (secondary N) is 1. The van der Waals surface area contributed by atoms with Crippen LogP contribution in [-0.4, -0.2) is 36.8 Å². The molecule has 92 valence electrons. The molecule has 0 unspecified atom stereocenters. The molecule has 1 fully saturated rings. The van der Waals surface area contributed by atoms with E-state index in [2.05, 4.69) is 32.9 Å². The molecule has 1 saturated heterocycles. The SMILES string of the molecule is Cc1cc(I)cnc1NC(=O)[C@@H]1COCCO1. The van der Waals surface area contributed by atoms with E-state index in [9.17, 15) is 4.79 Å². The standard InChI is InChI=1S/C11H13IN2O3/c1-7-4-8(12)5-13-10(7)14-11(15)9-6-16-2-3-17-9/h4-5,9H,2-3,6H2,1H3,(H,13,14,15)/t9-/m0/s1. The van der Waals surface area contributed by atoms with Gasteiger partial charge in [0.05, 0.1) is 19.8 Å². The third-order valence-electron chi connectivity index (χ3n) is 2.39. The average Bonchev–Trinajstić information content (AvgIpc) is 2.34. The van der Waals surface area contributed by atoms with Crippen LogP contribution >= 0.6 is 22.6 Å². The van der Waals surface area contributed by atoms with Crippen molar-refractivity contribution in [1.29, 1.82) is 0 Å². The first-order chi connectivity index (χ1) is 8.16. The number of carbonyl (C=O) groups is 1. The first kappa shape index (κ1) is 12.7. The van der Waals surface area contributed by atoms with E-state index < -0.39 is 6.10 Å². The number of pyridine rings is 1. The summed E-state index contributed by atoms with van der Waals surface area (Å²) in [5, 5.41) is 2.75. The van der Waals surface area contributed by atoms with E-state index in [1.165, 1.54) is 0 Å². The van der Waals surface area contributed by atoms with Crippen LogP contribution in [-0.2, 0) is 14.3 Å². The van der Waals surface area contributed by atoms with Gasteiger partial charge in [-0.2, -0.15) is 0 Å². The van der Waals surface area contributed by atoms with E-state index in [1.54, 1.807) is 6.20 Å². The minimum atomic E-state index is -0.538. The van der Waals surface area contributed by atoms with Crippen molar-refractivity contribution >= 4 is 34.3 Å². The molecular formula is C11H13IN2O3. The third-order valence-corrected chi connectivity index (χ3v) is 2.98. The fraction of sp³-hybridized carbons (Fsp3) is 0.455. The molecule has 0 spiro atoms. The van der Waals surface area contributed by atoms with Crippen LogP contribution < -0.4 is 5.32 Å². The van der Waals surface area contributed by atoms with Crippen LogP contribution in [0.1, 0.15) is 5.56 Å². The molecule has 0 aromatic carbocycles. The zero-order valence-electron chi connectivity index (χ0n) is 9.40.